The van der Waals surface area contributed by atoms with E-state index in [0.29, 0.717) is 6.54 Å². The van der Waals surface area contributed by atoms with Gasteiger partial charge in [0.1, 0.15) is 0 Å². The van der Waals surface area contributed by atoms with Crippen molar-refractivity contribution >= 4 is 5.91 Å². The highest BCUT2D eigenvalue weighted by atomic mass is 16.1. The molecule has 3 heteroatoms. The molecule has 1 heterocycles. The number of hydrogen-bond donors (Lipinski definition) is 1. The monoisotopic (exact) mass is 336 g/mol. The first-order chi connectivity index (χ1) is 12.2. The molecule has 2 aromatic rings. The molecule has 1 aliphatic heterocycles. The normalized spacial score (nSPS) is 15.9. The highest BCUT2D eigenvalue weighted by Crippen LogP contribution is 2.25. The van der Waals surface area contributed by atoms with E-state index in [2.05, 4.69) is 41.4 Å². The molecule has 1 atom stereocenters. The van der Waals surface area contributed by atoms with Gasteiger partial charge in [0.05, 0.1) is 6.04 Å². The summed E-state index contributed by atoms with van der Waals surface area (Å²) in [6.45, 7) is 7.03. The van der Waals surface area contributed by atoms with Crippen molar-refractivity contribution < 1.29 is 4.79 Å². The second-order valence-corrected chi connectivity index (χ2v) is 6.88. The molecule has 1 aliphatic rings. The van der Waals surface area contributed by atoms with Crippen LogP contribution in [0.25, 0.3) is 0 Å². The van der Waals surface area contributed by atoms with Gasteiger partial charge < -0.3 is 5.32 Å². The van der Waals surface area contributed by atoms with E-state index in [-0.39, 0.29) is 11.9 Å². The summed E-state index contributed by atoms with van der Waals surface area (Å²) in [5.41, 5.74) is 4.44. The van der Waals surface area contributed by atoms with Gasteiger partial charge in [-0.15, -0.1) is 0 Å². The Balaban J connectivity index is 1.73. The summed E-state index contributed by atoms with van der Waals surface area (Å²) < 4.78 is 0. The fourth-order valence-corrected chi connectivity index (χ4v) is 3.60. The van der Waals surface area contributed by atoms with Crippen LogP contribution in [0, 0.1) is 6.92 Å². The number of amides is 1. The number of rotatable bonds is 6. The molecule has 0 saturated carbocycles. The number of carbonyl (C=O) groups is 1. The van der Waals surface area contributed by atoms with E-state index in [1.165, 1.54) is 24.0 Å². The Morgan fingerprint density at radius 2 is 1.76 bits per heavy atom. The molecule has 0 radical (unpaired) electrons. The van der Waals surface area contributed by atoms with Crippen molar-refractivity contribution in [2.45, 2.75) is 39.2 Å². The lowest BCUT2D eigenvalue weighted by atomic mass is 10.0. The van der Waals surface area contributed by atoms with Gasteiger partial charge in [0.15, 0.2) is 0 Å². The SMILES string of the molecule is CCc1ccc(C(CNC(=O)c2ccccc2C)N2CCCC2)cc1. The molecule has 132 valence electrons. The van der Waals surface area contributed by atoms with Crippen molar-refractivity contribution in [3.05, 3.63) is 70.8 Å². The Hall–Kier alpha value is -2.13. The third-order valence-electron chi connectivity index (χ3n) is 5.20. The minimum Gasteiger partial charge on any atom is -0.350 e. The molecule has 0 bridgehead atoms. The highest BCUT2D eigenvalue weighted by Gasteiger charge is 2.24. The number of hydrogen-bond acceptors (Lipinski definition) is 2. The second-order valence-electron chi connectivity index (χ2n) is 6.88. The van der Waals surface area contributed by atoms with Gasteiger partial charge in [-0.25, -0.2) is 0 Å². The van der Waals surface area contributed by atoms with E-state index >= 15 is 0 Å². The molecule has 0 aromatic heterocycles. The maximum Gasteiger partial charge on any atom is 0.251 e. The molecule has 2 aromatic carbocycles. The first-order valence-electron chi connectivity index (χ1n) is 9.35. The van der Waals surface area contributed by atoms with Gasteiger partial charge in [-0.3, -0.25) is 9.69 Å². The van der Waals surface area contributed by atoms with Gasteiger partial charge in [0.25, 0.3) is 5.91 Å². The molecule has 0 spiro atoms. The van der Waals surface area contributed by atoms with E-state index < -0.39 is 0 Å². The Labute approximate surface area is 151 Å². The predicted octanol–water partition coefficient (Wildman–Crippen LogP) is 4.12. The van der Waals surface area contributed by atoms with Gasteiger partial charge >= 0.3 is 0 Å². The number of nitrogens with zero attached hydrogens (tertiary/aromatic N) is 1. The van der Waals surface area contributed by atoms with Crippen LogP contribution >= 0.6 is 0 Å². The smallest absolute Gasteiger partial charge is 0.251 e. The summed E-state index contributed by atoms with van der Waals surface area (Å²) in [6.07, 6.45) is 3.54. The fraction of sp³-hybridized carbons (Fsp3) is 0.409. The third-order valence-corrected chi connectivity index (χ3v) is 5.20. The number of nitrogens with one attached hydrogen (secondary N) is 1. The van der Waals surface area contributed by atoms with Gasteiger partial charge in [0, 0.05) is 12.1 Å². The summed E-state index contributed by atoms with van der Waals surface area (Å²) in [4.78, 5) is 15.1. The van der Waals surface area contributed by atoms with E-state index in [9.17, 15) is 4.79 Å². The van der Waals surface area contributed by atoms with Crippen LogP contribution in [0.4, 0.5) is 0 Å². The van der Waals surface area contributed by atoms with Gasteiger partial charge in [-0.1, -0.05) is 49.4 Å². The molecule has 3 rings (SSSR count). The van der Waals surface area contributed by atoms with E-state index in [1.807, 2.05) is 31.2 Å². The fourth-order valence-electron chi connectivity index (χ4n) is 3.60. The highest BCUT2D eigenvalue weighted by molar-refractivity contribution is 5.95. The van der Waals surface area contributed by atoms with E-state index in [0.717, 1.165) is 30.6 Å². The standard InChI is InChI=1S/C22H28N2O/c1-3-18-10-12-19(13-11-18)21(24-14-6-7-15-24)16-23-22(25)20-9-5-4-8-17(20)2/h4-5,8-13,21H,3,6-7,14-16H2,1-2H3,(H,23,25). The quantitative estimate of drug-likeness (QED) is 0.860. The molecule has 1 unspecified atom stereocenters. The molecule has 1 amide bonds. The number of benzene rings is 2. The number of carbonyl (C=O) groups excluding carboxylic acids is 1. The van der Waals surface area contributed by atoms with E-state index in [4.69, 9.17) is 0 Å². The first-order valence-corrected chi connectivity index (χ1v) is 9.35. The van der Waals surface area contributed by atoms with Crippen LogP contribution < -0.4 is 5.32 Å². The molecule has 3 nitrogen and oxygen atoms in total. The van der Waals surface area contributed by atoms with Crippen LogP contribution in [0.15, 0.2) is 48.5 Å². The average molecular weight is 336 g/mol. The third kappa shape index (κ3) is 4.29. The zero-order valence-electron chi connectivity index (χ0n) is 15.3. The number of likely N-dealkylation sites (tertiary alicyclic amines) is 1. The summed E-state index contributed by atoms with van der Waals surface area (Å²) >= 11 is 0. The summed E-state index contributed by atoms with van der Waals surface area (Å²) in [6, 6.07) is 16.9. The van der Waals surface area contributed by atoms with Crippen molar-refractivity contribution in [1.82, 2.24) is 10.2 Å². The minimum absolute atomic E-state index is 0.0208. The zero-order chi connectivity index (χ0) is 17.6. The molecule has 1 N–H and O–H groups in total. The lowest BCUT2D eigenvalue weighted by Crippen LogP contribution is -2.37. The van der Waals surface area contributed by atoms with Crippen molar-refractivity contribution in [2.24, 2.45) is 0 Å². The topological polar surface area (TPSA) is 32.3 Å². The molecule has 1 saturated heterocycles. The maximum atomic E-state index is 12.6. The Morgan fingerprint density at radius 3 is 2.40 bits per heavy atom. The van der Waals surface area contributed by atoms with Crippen LogP contribution in [0.1, 0.15) is 52.9 Å². The van der Waals surface area contributed by atoms with Crippen molar-refractivity contribution in [2.75, 3.05) is 19.6 Å². The van der Waals surface area contributed by atoms with Crippen LogP contribution in [-0.2, 0) is 6.42 Å². The minimum atomic E-state index is 0.0208. The summed E-state index contributed by atoms with van der Waals surface area (Å²) in [5.74, 6) is 0.0208. The van der Waals surface area contributed by atoms with Crippen LogP contribution in [-0.4, -0.2) is 30.4 Å². The van der Waals surface area contributed by atoms with Crippen LogP contribution in [0.3, 0.4) is 0 Å². The Kier molecular flexibility index (Phi) is 5.87. The lowest BCUT2D eigenvalue weighted by Gasteiger charge is -2.28. The zero-order valence-corrected chi connectivity index (χ0v) is 15.3. The summed E-state index contributed by atoms with van der Waals surface area (Å²) in [5, 5.41) is 3.16. The molecule has 25 heavy (non-hydrogen) atoms. The van der Waals surface area contributed by atoms with Gasteiger partial charge in [-0.05, 0) is 62.0 Å². The molecule has 1 fully saturated rings. The molecular weight excluding hydrogens is 308 g/mol. The first kappa shape index (κ1) is 17.7. The largest absolute Gasteiger partial charge is 0.350 e. The van der Waals surface area contributed by atoms with Crippen molar-refractivity contribution in [3.63, 3.8) is 0 Å². The predicted molar refractivity (Wildman–Crippen MR) is 103 cm³/mol. The Bertz CT molecular complexity index is 702. The van der Waals surface area contributed by atoms with Gasteiger partial charge in [0.2, 0.25) is 0 Å². The summed E-state index contributed by atoms with van der Waals surface area (Å²) in [7, 11) is 0. The molecule has 0 aliphatic carbocycles. The number of aryl methyl sites for hydroxylation is 2. The van der Waals surface area contributed by atoms with Crippen LogP contribution in [0.5, 0.6) is 0 Å². The van der Waals surface area contributed by atoms with E-state index in [1.54, 1.807) is 0 Å². The van der Waals surface area contributed by atoms with Crippen molar-refractivity contribution in [3.8, 4) is 0 Å². The van der Waals surface area contributed by atoms with Crippen molar-refractivity contribution in [1.29, 1.82) is 0 Å². The maximum absolute atomic E-state index is 12.6. The second kappa shape index (κ2) is 8.30. The van der Waals surface area contributed by atoms with Gasteiger partial charge in [-0.2, -0.15) is 0 Å². The lowest BCUT2D eigenvalue weighted by molar-refractivity contribution is 0.0937. The average Bonchev–Trinajstić information content (AvgIpc) is 3.17. The Morgan fingerprint density at radius 1 is 1.08 bits per heavy atom. The van der Waals surface area contributed by atoms with Crippen LogP contribution in [0.2, 0.25) is 0 Å². The molecular formula is C22H28N2O.